The van der Waals surface area contributed by atoms with E-state index >= 15 is 0 Å². The molecular weight excluding hydrogens is 290 g/mol. The summed E-state index contributed by atoms with van der Waals surface area (Å²) in [6.45, 7) is 0.168. The topological polar surface area (TPSA) is 161 Å². The first-order valence-corrected chi connectivity index (χ1v) is 6.68. The average Bonchev–Trinajstić information content (AvgIpc) is 2.46. The van der Waals surface area contributed by atoms with Gasteiger partial charge in [0.15, 0.2) is 5.96 Å². The maximum Gasteiger partial charge on any atom is 0.320 e. The van der Waals surface area contributed by atoms with Crippen LogP contribution in [0, 0.1) is 5.21 Å². The molecule has 0 fully saturated rings. The largest absolute Gasteiger partial charge is 0.600 e. The predicted octanol–water partition coefficient (Wildman–Crippen LogP) is -1.97. The minimum atomic E-state index is -1.14. The number of quaternary nitrogens is 1. The average molecular weight is 311 g/mol. The molecule has 1 aromatic carbocycles. The molecule has 0 saturated carbocycles. The zero-order valence-corrected chi connectivity index (χ0v) is 12.0. The molecule has 22 heavy (non-hydrogen) atoms. The molecule has 1 rings (SSSR count). The second-order valence-corrected chi connectivity index (χ2v) is 4.79. The Balaban J connectivity index is 2.64. The molecule has 0 amide bonds. The third kappa shape index (κ3) is 6.50. The lowest BCUT2D eigenvalue weighted by Gasteiger charge is -2.25. The quantitative estimate of drug-likeness (QED) is 0.175. The number of hydrogen-bond acceptors (Lipinski definition) is 5. The van der Waals surface area contributed by atoms with E-state index in [9.17, 15) is 15.1 Å². The second kappa shape index (κ2) is 8.95. The van der Waals surface area contributed by atoms with Crippen molar-refractivity contribution in [1.82, 2.24) is 5.32 Å². The van der Waals surface area contributed by atoms with Crippen molar-refractivity contribution in [3.05, 3.63) is 41.1 Å². The van der Waals surface area contributed by atoms with Gasteiger partial charge in [-0.15, -0.1) is 0 Å². The lowest BCUT2D eigenvalue weighted by Crippen LogP contribution is -3.09. The van der Waals surface area contributed by atoms with Gasteiger partial charge in [-0.3, -0.25) is 4.79 Å². The minimum Gasteiger partial charge on any atom is -0.600 e. The van der Waals surface area contributed by atoms with Gasteiger partial charge >= 0.3 is 5.97 Å². The second-order valence-electron chi connectivity index (χ2n) is 4.79. The summed E-state index contributed by atoms with van der Waals surface area (Å²) in [6.07, 6.45) is -0.117. The number of hydrogen-bond donors (Lipinski definition) is 6. The van der Waals surface area contributed by atoms with E-state index in [1.54, 1.807) is 0 Å². The molecule has 0 aliphatic carbocycles. The third-order valence-corrected chi connectivity index (χ3v) is 3.06. The van der Waals surface area contributed by atoms with Gasteiger partial charge in [-0.2, -0.15) is 0 Å². The zero-order valence-electron chi connectivity index (χ0n) is 12.0. The summed E-state index contributed by atoms with van der Waals surface area (Å²) in [7, 11) is 0. The maximum absolute atomic E-state index is 11.3. The van der Waals surface area contributed by atoms with E-state index < -0.39 is 23.3 Å². The Hall–Kier alpha value is -2.20. The first kappa shape index (κ1) is 17.9. The van der Waals surface area contributed by atoms with Crippen LogP contribution in [0.5, 0.6) is 0 Å². The fraction of sp³-hybridized carbons (Fsp3) is 0.385. The Morgan fingerprint density at radius 3 is 2.50 bits per heavy atom. The molecule has 1 aromatic rings. The van der Waals surface area contributed by atoms with Crippen LogP contribution in [-0.2, 0) is 11.3 Å². The molecule has 9 nitrogen and oxygen atoms in total. The Morgan fingerprint density at radius 2 is 2.00 bits per heavy atom. The molecule has 0 aromatic heterocycles. The van der Waals surface area contributed by atoms with Gasteiger partial charge in [0.05, 0.1) is 6.54 Å². The van der Waals surface area contributed by atoms with E-state index in [1.807, 2.05) is 30.3 Å². The van der Waals surface area contributed by atoms with E-state index in [2.05, 4.69) is 10.3 Å². The highest BCUT2D eigenvalue weighted by molar-refractivity contribution is 5.75. The summed E-state index contributed by atoms with van der Waals surface area (Å²) in [5.74, 6) is -1.35. The Labute approximate surface area is 127 Å². The first-order valence-electron chi connectivity index (χ1n) is 6.68. The van der Waals surface area contributed by atoms with Crippen molar-refractivity contribution in [1.29, 1.82) is 0 Å². The molecule has 0 spiro atoms. The number of nitrogens with one attached hydrogen (secondary N) is 2. The summed E-state index contributed by atoms with van der Waals surface area (Å²) in [4.78, 5) is 14.9. The van der Waals surface area contributed by atoms with Crippen LogP contribution in [0.3, 0.4) is 0 Å². The highest BCUT2D eigenvalue weighted by Gasteiger charge is 2.26. The lowest BCUT2D eigenvalue weighted by molar-refractivity contribution is -1.07. The standard InChI is InChI=1S/C13H21N5O4/c14-13(15)17-8-10(18(21)22)6-11(12(19)20)16-7-9-4-2-1-3-5-9/h1-5,10-11,16,18,21H,6-8H2,(H,19,20)(H4,14,15,17)/t10?,11-/m0/s1. The zero-order chi connectivity index (χ0) is 16.5. The number of guanidine groups is 1. The Kier molecular flexibility index (Phi) is 7.26. The van der Waals surface area contributed by atoms with Gasteiger partial charge < -0.3 is 27.1 Å². The maximum atomic E-state index is 11.3. The Morgan fingerprint density at radius 1 is 1.36 bits per heavy atom. The molecule has 3 atom stereocenters. The van der Waals surface area contributed by atoms with Gasteiger partial charge in [-0.25, -0.2) is 15.4 Å². The highest BCUT2D eigenvalue weighted by Crippen LogP contribution is 2.02. The molecule has 0 bridgehead atoms. The van der Waals surface area contributed by atoms with Crippen LogP contribution in [-0.4, -0.2) is 40.9 Å². The van der Waals surface area contributed by atoms with Crippen LogP contribution in [0.15, 0.2) is 35.3 Å². The smallest absolute Gasteiger partial charge is 0.320 e. The van der Waals surface area contributed by atoms with Gasteiger partial charge in [0.25, 0.3) is 0 Å². The summed E-state index contributed by atoms with van der Waals surface area (Å²) < 4.78 is 0. The third-order valence-electron chi connectivity index (χ3n) is 3.06. The summed E-state index contributed by atoms with van der Waals surface area (Å²) >= 11 is 0. The number of nitrogens with zero attached hydrogens (tertiary/aromatic N) is 1. The van der Waals surface area contributed by atoms with Crippen LogP contribution in [0.25, 0.3) is 0 Å². The highest BCUT2D eigenvalue weighted by atomic mass is 16.8. The van der Waals surface area contributed by atoms with Gasteiger partial charge in [0.2, 0.25) is 0 Å². The van der Waals surface area contributed by atoms with Crippen molar-refractivity contribution in [3.63, 3.8) is 0 Å². The molecule has 0 radical (unpaired) electrons. The van der Waals surface area contributed by atoms with Crippen LogP contribution in [0.2, 0.25) is 0 Å². The number of carboxylic acid groups (broad SMARTS) is 1. The molecule has 122 valence electrons. The normalized spacial score (nSPS) is 14.8. The molecule has 0 aliphatic heterocycles. The number of benzene rings is 1. The molecular formula is C13H21N5O4. The van der Waals surface area contributed by atoms with Gasteiger partial charge in [-0.05, 0) is 5.56 Å². The Bertz CT molecular complexity index is 490. The fourth-order valence-electron chi connectivity index (χ4n) is 1.86. The number of rotatable bonds is 9. The first-order chi connectivity index (χ1) is 10.4. The van der Waals surface area contributed by atoms with Gasteiger partial charge in [0, 0.05) is 13.0 Å². The van der Waals surface area contributed by atoms with Crippen molar-refractivity contribution in [2.24, 2.45) is 16.5 Å². The fourth-order valence-corrected chi connectivity index (χ4v) is 1.86. The summed E-state index contributed by atoms with van der Waals surface area (Å²) in [5.41, 5.74) is 11.2. The number of nitrogens with two attached hydrogens (primary N) is 2. The predicted molar refractivity (Wildman–Crippen MR) is 79.9 cm³/mol. The van der Waals surface area contributed by atoms with E-state index in [1.165, 1.54) is 0 Å². The van der Waals surface area contributed by atoms with Crippen LogP contribution < -0.4 is 22.0 Å². The van der Waals surface area contributed by atoms with Crippen molar-refractivity contribution in [3.8, 4) is 0 Å². The van der Waals surface area contributed by atoms with Crippen molar-refractivity contribution < 1.29 is 20.3 Å². The monoisotopic (exact) mass is 311 g/mol. The van der Waals surface area contributed by atoms with E-state index in [0.29, 0.717) is 6.54 Å². The van der Waals surface area contributed by atoms with Gasteiger partial charge in [0.1, 0.15) is 12.1 Å². The van der Waals surface area contributed by atoms with Crippen molar-refractivity contribution in [2.75, 3.05) is 6.54 Å². The van der Waals surface area contributed by atoms with Crippen molar-refractivity contribution in [2.45, 2.75) is 25.0 Å². The number of aliphatic carboxylic acids is 1. The van der Waals surface area contributed by atoms with E-state index in [4.69, 9.17) is 16.7 Å². The van der Waals surface area contributed by atoms with E-state index in [-0.39, 0.29) is 18.9 Å². The SMILES string of the molecule is NC(N)=NCC(C[C@H](NCc1ccccc1)C(=O)O)[NH+]([O-])O. The van der Waals surface area contributed by atoms with Crippen LogP contribution >= 0.6 is 0 Å². The molecule has 0 saturated heterocycles. The van der Waals surface area contributed by atoms with E-state index in [0.717, 1.165) is 5.56 Å². The summed E-state index contributed by atoms with van der Waals surface area (Å²) in [5, 5.41) is 31.2. The number of aliphatic imine (C=N–C) groups is 1. The summed E-state index contributed by atoms with van der Waals surface area (Å²) in [6, 6.07) is 7.24. The van der Waals surface area contributed by atoms with Crippen LogP contribution in [0.4, 0.5) is 0 Å². The minimum absolute atomic E-state index is 0.117. The number of hydroxylamine groups is 2. The molecule has 8 N–H and O–H groups in total. The lowest BCUT2D eigenvalue weighted by atomic mass is 10.1. The van der Waals surface area contributed by atoms with Crippen molar-refractivity contribution >= 4 is 11.9 Å². The van der Waals surface area contributed by atoms with Crippen LogP contribution in [0.1, 0.15) is 12.0 Å². The molecule has 9 heteroatoms. The van der Waals surface area contributed by atoms with Gasteiger partial charge in [-0.1, -0.05) is 30.3 Å². The molecule has 0 heterocycles. The number of carboxylic acids is 1. The number of carbonyl (C=O) groups is 1. The molecule has 0 aliphatic rings. The molecule has 2 unspecified atom stereocenters.